The van der Waals surface area contributed by atoms with Crippen molar-refractivity contribution >= 4 is 12.4 Å². The van der Waals surface area contributed by atoms with E-state index in [1.54, 1.807) is 0 Å². The fourth-order valence-electron chi connectivity index (χ4n) is 0.932. The first-order chi connectivity index (χ1) is 6.55. The van der Waals surface area contributed by atoms with Gasteiger partial charge < -0.3 is 0 Å². The van der Waals surface area contributed by atoms with E-state index in [9.17, 15) is 18.0 Å². The molecule has 0 atom stereocenters. The molecule has 0 fully saturated rings. The Morgan fingerprint density at radius 1 is 1.36 bits per heavy atom. The number of rotatable bonds is 2. The monoisotopic (exact) mass is 201 g/mol. The van der Waals surface area contributed by atoms with Gasteiger partial charge >= 0.3 is 6.18 Å². The number of nitrogens with zero attached hydrogens (tertiary/aromatic N) is 1. The standard InChI is InChI=1S/C9H6F3NO/c10-9(11,12)8-7(4-2-6-14)3-1-5-13-8/h1-6H/b4-2+. The maximum Gasteiger partial charge on any atom is 0.433 e. The molecule has 5 heteroatoms. The number of carbonyl (C=O) groups is 1. The number of aldehydes is 1. The smallest absolute Gasteiger partial charge is 0.299 e. The molecule has 0 N–H and O–H groups in total. The summed E-state index contributed by atoms with van der Waals surface area (Å²) in [5.41, 5.74) is -1.11. The van der Waals surface area contributed by atoms with Gasteiger partial charge in [-0.2, -0.15) is 13.2 Å². The molecule has 0 aromatic carbocycles. The highest BCUT2D eigenvalue weighted by Crippen LogP contribution is 2.30. The van der Waals surface area contributed by atoms with Crippen molar-refractivity contribution in [1.29, 1.82) is 0 Å². The van der Waals surface area contributed by atoms with Crippen LogP contribution in [0.2, 0.25) is 0 Å². The Kier molecular flexibility index (Phi) is 3.01. The van der Waals surface area contributed by atoms with Gasteiger partial charge in [0.2, 0.25) is 0 Å². The number of aromatic nitrogens is 1. The first kappa shape index (κ1) is 10.4. The van der Waals surface area contributed by atoms with Crippen LogP contribution in [0.1, 0.15) is 11.3 Å². The van der Waals surface area contributed by atoms with Gasteiger partial charge in [-0.25, -0.2) is 0 Å². The second kappa shape index (κ2) is 4.04. The normalized spacial score (nSPS) is 11.9. The third kappa shape index (κ3) is 2.42. The van der Waals surface area contributed by atoms with E-state index in [-0.39, 0.29) is 5.56 Å². The van der Waals surface area contributed by atoms with Gasteiger partial charge in [0.1, 0.15) is 6.29 Å². The number of carbonyl (C=O) groups excluding carboxylic acids is 1. The zero-order valence-electron chi connectivity index (χ0n) is 6.95. The molecule has 0 aliphatic carbocycles. The Morgan fingerprint density at radius 3 is 2.64 bits per heavy atom. The molecule has 74 valence electrons. The average Bonchev–Trinajstić information content (AvgIpc) is 2.14. The summed E-state index contributed by atoms with van der Waals surface area (Å²) in [4.78, 5) is 13.2. The number of hydrogen-bond donors (Lipinski definition) is 0. The third-order valence-electron chi connectivity index (χ3n) is 1.46. The number of alkyl halides is 3. The predicted molar refractivity (Wildman–Crippen MR) is 44.3 cm³/mol. The van der Waals surface area contributed by atoms with Gasteiger partial charge in [0.15, 0.2) is 5.69 Å². The minimum Gasteiger partial charge on any atom is -0.299 e. The van der Waals surface area contributed by atoms with Crippen LogP contribution in [0.15, 0.2) is 24.4 Å². The first-order valence-corrected chi connectivity index (χ1v) is 3.70. The van der Waals surface area contributed by atoms with Crippen molar-refractivity contribution in [3.05, 3.63) is 35.7 Å². The molecule has 0 bridgehead atoms. The molecule has 1 rings (SSSR count). The van der Waals surface area contributed by atoms with Crippen LogP contribution < -0.4 is 0 Å². The lowest BCUT2D eigenvalue weighted by Crippen LogP contribution is -2.09. The van der Waals surface area contributed by atoms with E-state index in [1.165, 1.54) is 12.1 Å². The van der Waals surface area contributed by atoms with Crippen LogP contribution in [0, 0.1) is 0 Å². The van der Waals surface area contributed by atoms with Crippen LogP contribution in [-0.2, 0) is 11.0 Å². The molecule has 2 nitrogen and oxygen atoms in total. The molecule has 0 unspecified atom stereocenters. The molecule has 0 saturated heterocycles. The molecule has 1 heterocycles. The van der Waals surface area contributed by atoms with Gasteiger partial charge in [0.05, 0.1) is 0 Å². The maximum atomic E-state index is 12.3. The molecule has 0 amide bonds. The summed E-state index contributed by atoms with van der Waals surface area (Å²) in [6, 6.07) is 2.62. The minimum absolute atomic E-state index is 0.118. The predicted octanol–water partition coefficient (Wildman–Crippen LogP) is 2.31. The second-order valence-electron chi connectivity index (χ2n) is 2.43. The van der Waals surface area contributed by atoms with Crippen LogP contribution in [0.4, 0.5) is 13.2 Å². The minimum atomic E-state index is -4.50. The zero-order valence-corrected chi connectivity index (χ0v) is 6.95. The molecule has 0 radical (unpaired) electrons. The summed E-state index contributed by atoms with van der Waals surface area (Å²) < 4.78 is 36.9. The number of pyridine rings is 1. The summed E-state index contributed by atoms with van der Waals surface area (Å²) in [6.07, 6.45) is -0.965. The van der Waals surface area contributed by atoms with E-state index in [1.807, 2.05) is 0 Å². The summed E-state index contributed by atoms with van der Waals surface area (Å²) in [5, 5.41) is 0. The average molecular weight is 201 g/mol. The van der Waals surface area contributed by atoms with E-state index in [4.69, 9.17) is 0 Å². The number of halogens is 3. The Labute approximate surface area is 78.1 Å². The maximum absolute atomic E-state index is 12.3. The van der Waals surface area contributed by atoms with Crippen molar-refractivity contribution in [1.82, 2.24) is 4.98 Å². The van der Waals surface area contributed by atoms with Crippen molar-refractivity contribution in [2.45, 2.75) is 6.18 Å². The van der Waals surface area contributed by atoms with Crippen LogP contribution in [0.3, 0.4) is 0 Å². The van der Waals surface area contributed by atoms with Gasteiger partial charge in [0.25, 0.3) is 0 Å². The third-order valence-corrected chi connectivity index (χ3v) is 1.46. The van der Waals surface area contributed by atoms with Crippen LogP contribution in [0.25, 0.3) is 6.08 Å². The van der Waals surface area contributed by atoms with Crippen molar-refractivity contribution in [2.24, 2.45) is 0 Å². The van der Waals surface area contributed by atoms with Crippen molar-refractivity contribution in [2.75, 3.05) is 0 Å². The van der Waals surface area contributed by atoms with Gasteiger partial charge in [-0.1, -0.05) is 6.07 Å². The van der Waals surface area contributed by atoms with Gasteiger partial charge in [-0.15, -0.1) is 0 Å². The Hall–Kier alpha value is -1.65. The van der Waals surface area contributed by atoms with E-state index < -0.39 is 11.9 Å². The highest BCUT2D eigenvalue weighted by molar-refractivity contribution is 5.74. The Balaban J connectivity index is 3.16. The largest absolute Gasteiger partial charge is 0.433 e. The molecule has 0 saturated carbocycles. The van der Waals surface area contributed by atoms with Gasteiger partial charge in [-0.3, -0.25) is 9.78 Å². The Morgan fingerprint density at radius 2 is 2.07 bits per heavy atom. The van der Waals surface area contributed by atoms with Gasteiger partial charge in [0, 0.05) is 11.8 Å². The van der Waals surface area contributed by atoms with E-state index >= 15 is 0 Å². The van der Waals surface area contributed by atoms with E-state index in [2.05, 4.69) is 4.98 Å². The quantitative estimate of drug-likeness (QED) is 0.542. The summed E-state index contributed by atoms with van der Waals surface area (Å²) in [7, 11) is 0. The zero-order chi connectivity index (χ0) is 10.6. The summed E-state index contributed by atoms with van der Waals surface area (Å²) in [6.45, 7) is 0. The first-order valence-electron chi connectivity index (χ1n) is 3.70. The lowest BCUT2D eigenvalue weighted by atomic mass is 10.2. The lowest BCUT2D eigenvalue weighted by molar-refractivity contribution is -0.141. The topological polar surface area (TPSA) is 30.0 Å². The summed E-state index contributed by atoms with van der Waals surface area (Å²) in [5.74, 6) is 0. The number of allylic oxidation sites excluding steroid dienone is 1. The molecule has 1 aromatic heterocycles. The van der Waals surface area contributed by atoms with Gasteiger partial charge in [-0.05, 0) is 18.2 Å². The Bertz CT molecular complexity index is 357. The highest BCUT2D eigenvalue weighted by Gasteiger charge is 2.34. The van der Waals surface area contributed by atoms with E-state index in [0.29, 0.717) is 6.29 Å². The fourth-order valence-corrected chi connectivity index (χ4v) is 0.932. The SMILES string of the molecule is O=C/C=C/c1cccnc1C(F)(F)F. The molecular formula is C9H6F3NO. The number of hydrogen-bond acceptors (Lipinski definition) is 2. The molecule has 1 aromatic rings. The van der Waals surface area contributed by atoms with Crippen LogP contribution in [-0.4, -0.2) is 11.3 Å². The molecule has 0 spiro atoms. The van der Waals surface area contributed by atoms with Crippen molar-refractivity contribution in [3.63, 3.8) is 0 Å². The van der Waals surface area contributed by atoms with Crippen molar-refractivity contribution < 1.29 is 18.0 Å². The molecule has 0 aliphatic heterocycles. The summed E-state index contributed by atoms with van der Waals surface area (Å²) >= 11 is 0. The highest BCUT2D eigenvalue weighted by atomic mass is 19.4. The fraction of sp³-hybridized carbons (Fsp3) is 0.111. The molecule has 0 aliphatic rings. The van der Waals surface area contributed by atoms with Crippen molar-refractivity contribution in [3.8, 4) is 0 Å². The second-order valence-corrected chi connectivity index (χ2v) is 2.43. The molecular weight excluding hydrogens is 195 g/mol. The van der Waals surface area contributed by atoms with Crippen LogP contribution >= 0.6 is 0 Å². The molecule has 14 heavy (non-hydrogen) atoms. The lowest BCUT2D eigenvalue weighted by Gasteiger charge is -2.07. The van der Waals surface area contributed by atoms with Crippen LogP contribution in [0.5, 0.6) is 0 Å². The van der Waals surface area contributed by atoms with E-state index in [0.717, 1.165) is 18.3 Å².